The van der Waals surface area contributed by atoms with Gasteiger partial charge in [0.2, 0.25) is 20.9 Å². The van der Waals surface area contributed by atoms with E-state index < -0.39 is 15.7 Å². The maximum atomic E-state index is 13.1. The number of carbonyl (C=O) groups is 1. The molecule has 1 saturated carbocycles. The van der Waals surface area contributed by atoms with Gasteiger partial charge in [-0.25, -0.2) is 17.8 Å². The molecular weight excluding hydrogens is 413 g/mol. The van der Waals surface area contributed by atoms with E-state index in [0.717, 1.165) is 12.8 Å². The lowest BCUT2D eigenvalue weighted by atomic mass is 10.2. The molecule has 0 aliphatic heterocycles. The third kappa shape index (κ3) is 5.44. The number of ether oxygens (including phenoxy) is 2. The number of aromatic nitrogens is 2. The molecule has 0 bridgehead atoms. The Morgan fingerprint density at radius 3 is 2.53 bits per heavy atom. The molecule has 3 rings (SSSR count). The summed E-state index contributed by atoms with van der Waals surface area (Å²) in [6.45, 7) is 0.784. The molecule has 8 nitrogen and oxygen atoms in total. The molecule has 10 heteroatoms. The Morgan fingerprint density at radius 1 is 1.23 bits per heavy atom. The van der Waals surface area contributed by atoms with Gasteiger partial charge in [0, 0.05) is 26.8 Å². The maximum Gasteiger partial charge on any atom is 0.249 e. The summed E-state index contributed by atoms with van der Waals surface area (Å²) in [7, 11) is -0.798. The second kappa shape index (κ2) is 9.67. The van der Waals surface area contributed by atoms with E-state index in [1.165, 1.54) is 44.7 Å². The van der Waals surface area contributed by atoms with Crippen LogP contribution >= 0.6 is 0 Å². The van der Waals surface area contributed by atoms with Crippen LogP contribution in [-0.4, -0.2) is 62.3 Å². The first-order chi connectivity index (χ1) is 14.4. The van der Waals surface area contributed by atoms with Crippen molar-refractivity contribution in [3.8, 4) is 0 Å². The monoisotopic (exact) mass is 439 g/mol. The highest BCUT2D eigenvalue weighted by Crippen LogP contribution is 2.29. The molecule has 0 unspecified atom stereocenters. The van der Waals surface area contributed by atoms with Gasteiger partial charge in [-0.05, 0) is 30.5 Å². The van der Waals surface area contributed by atoms with E-state index in [1.54, 1.807) is 9.47 Å². The van der Waals surface area contributed by atoms with Gasteiger partial charge in [-0.1, -0.05) is 12.1 Å². The van der Waals surface area contributed by atoms with Crippen LogP contribution in [0.1, 0.15) is 24.1 Å². The predicted octanol–water partition coefficient (Wildman–Crippen LogP) is 1.78. The van der Waals surface area contributed by atoms with E-state index in [2.05, 4.69) is 4.98 Å². The number of amides is 1. The lowest BCUT2D eigenvalue weighted by molar-refractivity contribution is -0.136. The molecule has 0 saturated heterocycles. The highest BCUT2D eigenvalue weighted by molar-refractivity contribution is 7.90. The third-order valence-electron chi connectivity index (χ3n) is 4.88. The van der Waals surface area contributed by atoms with Crippen LogP contribution in [0.4, 0.5) is 4.39 Å². The van der Waals surface area contributed by atoms with Crippen molar-refractivity contribution < 1.29 is 27.1 Å². The zero-order valence-corrected chi connectivity index (χ0v) is 17.9. The van der Waals surface area contributed by atoms with Crippen LogP contribution in [-0.2, 0) is 42.9 Å². The van der Waals surface area contributed by atoms with Gasteiger partial charge in [0.05, 0.1) is 30.8 Å². The fraction of sp³-hybridized carbons (Fsp3) is 0.500. The Balaban J connectivity index is 1.88. The first-order valence-electron chi connectivity index (χ1n) is 9.64. The molecule has 0 atom stereocenters. The minimum atomic E-state index is -3.79. The minimum Gasteiger partial charge on any atom is -0.383 e. The topological polar surface area (TPSA) is 90.7 Å². The van der Waals surface area contributed by atoms with Crippen LogP contribution in [0.25, 0.3) is 0 Å². The van der Waals surface area contributed by atoms with Crippen molar-refractivity contribution in [3.63, 3.8) is 0 Å². The molecular formula is C20H26FN3O5S. The van der Waals surface area contributed by atoms with Gasteiger partial charge in [-0.3, -0.25) is 4.79 Å². The predicted molar refractivity (Wildman–Crippen MR) is 107 cm³/mol. The Labute approximate surface area is 175 Å². The summed E-state index contributed by atoms with van der Waals surface area (Å²) < 4.78 is 50.9. The van der Waals surface area contributed by atoms with Crippen LogP contribution < -0.4 is 0 Å². The van der Waals surface area contributed by atoms with Crippen molar-refractivity contribution in [1.29, 1.82) is 0 Å². The molecule has 1 fully saturated rings. The van der Waals surface area contributed by atoms with Crippen LogP contribution in [0, 0.1) is 5.82 Å². The van der Waals surface area contributed by atoms with Gasteiger partial charge >= 0.3 is 0 Å². The average Bonchev–Trinajstić information content (AvgIpc) is 3.46. The molecule has 0 N–H and O–H groups in total. The van der Waals surface area contributed by atoms with Gasteiger partial charge in [0.15, 0.2) is 0 Å². The molecule has 1 aromatic heterocycles. The zero-order valence-electron chi connectivity index (χ0n) is 17.1. The number of methoxy groups -OCH3 is 2. The Hall–Kier alpha value is -2.30. The lowest BCUT2D eigenvalue weighted by Crippen LogP contribution is -2.36. The largest absolute Gasteiger partial charge is 0.383 e. The minimum absolute atomic E-state index is 0.0293. The van der Waals surface area contributed by atoms with Crippen molar-refractivity contribution in [1.82, 2.24) is 14.5 Å². The van der Waals surface area contributed by atoms with Gasteiger partial charge in [-0.2, -0.15) is 0 Å². The first kappa shape index (κ1) is 22.4. The zero-order chi connectivity index (χ0) is 21.7. The number of hydrogen-bond acceptors (Lipinski definition) is 6. The molecule has 0 radical (unpaired) electrons. The normalized spacial score (nSPS) is 14.1. The summed E-state index contributed by atoms with van der Waals surface area (Å²) in [5.74, 6) is -0.873. The fourth-order valence-electron chi connectivity index (χ4n) is 3.24. The summed E-state index contributed by atoms with van der Waals surface area (Å²) in [6.07, 6.45) is 3.32. The van der Waals surface area contributed by atoms with E-state index in [1.807, 2.05) is 0 Å². The average molecular weight is 440 g/mol. The van der Waals surface area contributed by atoms with Gasteiger partial charge in [0.1, 0.15) is 12.4 Å². The van der Waals surface area contributed by atoms with Crippen LogP contribution in [0.5, 0.6) is 0 Å². The van der Waals surface area contributed by atoms with Gasteiger partial charge < -0.3 is 18.9 Å². The number of benzene rings is 1. The van der Waals surface area contributed by atoms with E-state index in [9.17, 15) is 17.6 Å². The van der Waals surface area contributed by atoms with Crippen molar-refractivity contribution in [2.45, 2.75) is 42.9 Å². The maximum absolute atomic E-state index is 13.1. The van der Waals surface area contributed by atoms with Crippen molar-refractivity contribution in [2.75, 3.05) is 27.4 Å². The molecule has 1 aliphatic rings. The molecule has 164 valence electrons. The molecule has 30 heavy (non-hydrogen) atoms. The number of carbonyl (C=O) groups excluding carboxylic acids is 1. The number of nitrogens with zero attached hydrogens (tertiary/aromatic N) is 3. The highest BCUT2D eigenvalue weighted by Gasteiger charge is 2.34. The fourth-order valence-corrected chi connectivity index (χ4v) is 4.76. The van der Waals surface area contributed by atoms with E-state index in [0.29, 0.717) is 11.3 Å². The Morgan fingerprint density at radius 2 is 1.93 bits per heavy atom. The number of rotatable bonds is 11. The second-order valence-electron chi connectivity index (χ2n) is 7.25. The van der Waals surface area contributed by atoms with Crippen LogP contribution in [0.15, 0.2) is 35.6 Å². The van der Waals surface area contributed by atoms with E-state index in [4.69, 9.17) is 9.47 Å². The smallest absolute Gasteiger partial charge is 0.249 e. The van der Waals surface area contributed by atoms with E-state index >= 15 is 0 Å². The Bertz CT molecular complexity index is 971. The summed E-state index contributed by atoms with van der Waals surface area (Å²) in [5.41, 5.74) is 1.08. The third-order valence-corrected chi connectivity index (χ3v) is 6.47. The van der Waals surface area contributed by atoms with E-state index in [-0.39, 0.29) is 49.2 Å². The van der Waals surface area contributed by atoms with Crippen molar-refractivity contribution in [3.05, 3.63) is 47.5 Å². The number of sulfone groups is 1. The molecule has 1 amide bonds. The second-order valence-corrected chi connectivity index (χ2v) is 9.13. The lowest BCUT2D eigenvalue weighted by Gasteiger charge is -2.23. The summed E-state index contributed by atoms with van der Waals surface area (Å²) in [6, 6.07) is 5.46. The van der Waals surface area contributed by atoms with Crippen LogP contribution in [0.2, 0.25) is 0 Å². The summed E-state index contributed by atoms with van der Waals surface area (Å²) in [4.78, 5) is 18.3. The number of imidazole rings is 1. The first-order valence-corrected chi connectivity index (χ1v) is 11.3. The Kier molecular flexibility index (Phi) is 7.22. The molecule has 1 heterocycles. The molecule has 0 spiro atoms. The highest BCUT2D eigenvalue weighted by atomic mass is 32.2. The van der Waals surface area contributed by atoms with Crippen LogP contribution in [0.3, 0.4) is 0 Å². The van der Waals surface area contributed by atoms with Gasteiger partial charge in [-0.15, -0.1) is 0 Å². The molecule has 2 aromatic rings. The number of hydrogen-bond donors (Lipinski definition) is 0. The molecule has 1 aromatic carbocycles. The SMILES string of the molecule is COCCn1c(CN(C(=O)COC)C2CC2)cnc1S(=O)(=O)Cc1ccc(F)cc1. The van der Waals surface area contributed by atoms with Crippen molar-refractivity contribution >= 4 is 15.7 Å². The quantitative estimate of drug-likeness (QED) is 0.530. The standard InChI is InChI=1S/C20H26FN3O5S/c1-28-10-9-23-18(12-24(17-7-8-17)19(25)13-29-2)11-22-20(23)30(26,27)14-15-3-5-16(21)6-4-15/h3-6,11,17H,7-10,12-14H2,1-2H3. The van der Waals surface area contributed by atoms with Crippen molar-refractivity contribution in [2.24, 2.45) is 0 Å². The number of halogens is 1. The molecule has 1 aliphatic carbocycles. The summed E-state index contributed by atoms with van der Waals surface area (Å²) >= 11 is 0. The summed E-state index contributed by atoms with van der Waals surface area (Å²) in [5, 5.41) is -0.0891. The van der Waals surface area contributed by atoms with Gasteiger partial charge in [0.25, 0.3) is 0 Å².